The van der Waals surface area contributed by atoms with Crippen molar-refractivity contribution >= 4 is 5.91 Å². The fraction of sp³-hybridized carbons (Fsp3) is 0.294. The molecule has 0 bridgehead atoms. The lowest BCUT2D eigenvalue weighted by atomic mass is 9.83. The van der Waals surface area contributed by atoms with E-state index in [0.29, 0.717) is 13.0 Å². The summed E-state index contributed by atoms with van der Waals surface area (Å²) in [7, 11) is 0. The van der Waals surface area contributed by atoms with Crippen LogP contribution in [0.2, 0.25) is 0 Å². The maximum Gasteiger partial charge on any atom is 0.273 e. The van der Waals surface area contributed by atoms with Gasteiger partial charge in [-0.25, -0.2) is 9.07 Å². The number of nitrogens with zero attached hydrogens (tertiary/aromatic N) is 5. The summed E-state index contributed by atoms with van der Waals surface area (Å²) in [6.07, 6.45) is 4.79. The Morgan fingerprint density at radius 2 is 2.27 bits per heavy atom. The Bertz CT molecular complexity index is 910. The molecule has 1 amide bonds. The topological polar surface area (TPSA) is 97.9 Å². The average Bonchev–Trinajstić information content (AvgIpc) is 3.26. The first-order valence-corrected chi connectivity index (χ1v) is 8.23. The van der Waals surface area contributed by atoms with Gasteiger partial charge in [-0.3, -0.25) is 9.48 Å². The molecule has 1 aliphatic rings. The van der Waals surface area contributed by atoms with Crippen molar-refractivity contribution in [3.05, 3.63) is 66.0 Å². The van der Waals surface area contributed by atoms with Crippen LogP contribution in [-0.4, -0.2) is 47.9 Å². The SMILES string of the molecule is O=C(N[C@H]1C[C@@H](O)[C@@H]1n1cccn1)c1cn(Cc2cccc(F)c2)nn1. The van der Waals surface area contributed by atoms with E-state index in [1.807, 2.05) is 0 Å². The minimum atomic E-state index is -0.552. The predicted molar refractivity (Wildman–Crippen MR) is 88.7 cm³/mol. The molecule has 0 spiro atoms. The number of benzene rings is 1. The molecule has 8 nitrogen and oxygen atoms in total. The summed E-state index contributed by atoms with van der Waals surface area (Å²) in [6, 6.07) is 7.41. The highest BCUT2D eigenvalue weighted by molar-refractivity contribution is 5.92. The van der Waals surface area contributed by atoms with Gasteiger partial charge in [0, 0.05) is 12.4 Å². The monoisotopic (exact) mass is 356 g/mol. The Labute approximate surface area is 148 Å². The fourth-order valence-corrected chi connectivity index (χ4v) is 3.12. The number of nitrogens with one attached hydrogen (secondary N) is 1. The molecule has 3 aromatic rings. The van der Waals surface area contributed by atoms with Crippen LogP contribution in [0.4, 0.5) is 4.39 Å². The van der Waals surface area contributed by atoms with Gasteiger partial charge in [0.2, 0.25) is 0 Å². The number of aliphatic hydroxyl groups excluding tert-OH is 1. The molecule has 3 atom stereocenters. The van der Waals surface area contributed by atoms with Crippen LogP contribution in [0.5, 0.6) is 0 Å². The van der Waals surface area contributed by atoms with Gasteiger partial charge in [-0.2, -0.15) is 5.10 Å². The second-order valence-corrected chi connectivity index (χ2v) is 6.29. The number of carbonyl (C=O) groups is 1. The molecule has 4 rings (SSSR count). The minimum absolute atomic E-state index is 0.169. The Kier molecular flexibility index (Phi) is 4.21. The van der Waals surface area contributed by atoms with E-state index in [1.54, 1.807) is 35.3 Å². The normalized spacial score (nSPS) is 22.0. The summed E-state index contributed by atoms with van der Waals surface area (Å²) >= 11 is 0. The van der Waals surface area contributed by atoms with Gasteiger partial charge in [-0.15, -0.1) is 5.10 Å². The number of hydrogen-bond acceptors (Lipinski definition) is 5. The molecule has 0 radical (unpaired) electrons. The van der Waals surface area contributed by atoms with Gasteiger partial charge < -0.3 is 10.4 Å². The average molecular weight is 356 g/mol. The summed E-state index contributed by atoms with van der Waals surface area (Å²) < 4.78 is 16.4. The zero-order valence-electron chi connectivity index (χ0n) is 13.7. The van der Waals surface area contributed by atoms with E-state index in [4.69, 9.17) is 0 Å². The van der Waals surface area contributed by atoms with Crippen molar-refractivity contribution in [1.29, 1.82) is 0 Å². The number of hydrogen-bond donors (Lipinski definition) is 2. The van der Waals surface area contributed by atoms with Crippen LogP contribution in [0.25, 0.3) is 0 Å². The highest BCUT2D eigenvalue weighted by Gasteiger charge is 2.42. The maximum absolute atomic E-state index is 13.2. The Morgan fingerprint density at radius 3 is 3.00 bits per heavy atom. The first-order valence-electron chi connectivity index (χ1n) is 8.23. The van der Waals surface area contributed by atoms with Gasteiger partial charge in [0.25, 0.3) is 5.91 Å². The lowest BCUT2D eigenvalue weighted by Crippen LogP contribution is -2.56. The first kappa shape index (κ1) is 16.4. The first-order chi connectivity index (χ1) is 12.6. The van der Waals surface area contributed by atoms with E-state index in [-0.39, 0.29) is 29.5 Å². The highest BCUT2D eigenvalue weighted by Crippen LogP contribution is 2.32. The molecule has 1 fully saturated rings. The third-order valence-corrected chi connectivity index (χ3v) is 4.45. The Morgan fingerprint density at radius 1 is 1.38 bits per heavy atom. The summed E-state index contributed by atoms with van der Waals surface area (Å²) in [5, 5.41) is 24.7. The summed E-state index contributed by atoms with van der Waals surface area (Å²) in [4.78, 5) is 12.4. The molecule has 1 aliphatic carbocycles. The largest absolute Gasteiger partial charge is 0.391 e. The second kappa shape index (κ2) is 6.68. The van der Waals surface area contributed by atoms with Crippen molar-refractivity contribution in [2.75, 3.05) is 0 Å². The molecule has 26 heavy (non-hydrogen) atoms. The quantitative estimate of drug-likeness (QED) is 0.704. The van der Waals surface area contributed by atoms with Gasteiger partial charge >= 0.3 is 0 Å². The van der Waals surface area contributed by atoms with Crippen LogP contribution >= 0.6 is 0 Å². The second-order valence-electron chi connectivity index (χ2n) is 6.29. The molecular formula is C17H17FN6O2. The van der Waals surface area contributed by atoms with Crippen molar-refractivity contribution in [2.45, 2.75) is 31.2 Å². The van der Waals surface area contributed by atoms with Crippen LogP contribution in [-0.2, 0) is 6.54 Å². The Balaban J connectivity index is 1.41. The van der Waals surface area contributed by atoms with E-state index >= 15 is 0 Å². The number of aromatic nitrogens is 5. The van der Waals surface area contributed by atoms with E-state index in [2.05, 4.69) is 20.7 Å². The number of halogens is 1. The molecular weight excluding hydrogens is 339 g/mol. The van der Waals surface area contributed by atoms with Gasteiger partial charge in [0.05, 0.1) is 30.9 Å². The molecule has 0 saturated heterocycles. The molecule has 0 unspecified atom stereocenters. The smallest absolute Gasteiger partial charge is 0.273 e. The standard InChI is InChI=1S/C17H17FN6O2/c18-12-4-1-3-11(7-12)9-23-10-14(21-22-23)17(26)20-13-8-15(25)16(13)24-6-2-5-19-24/h1-7,10,13,15-16,25H,8-9H2,(H,20,26)/t13-,15+,16+/m0/s1. The molecule has 134 valence electrons. The van der Waals surface area contributed by atoms with Crippen molar-refractivity contribution in [2.24, 2.45) is 0 Å². The molecule has 2 N–H and O–H groups in total. The number of rotatable bonds is 5. The van der Waals surface area contributed by atoms with Crippen LogP contribution in [0, 0.1) is 5.82 Å². The van der Waals surface area contributed by atoms with Gasteiger partial charge in [-0.05, 0) is 30.2 Å². The Hall–Kier alpha value is -3.07. The minimum Gasteiger partial charge on any atom is -0.391 e. The fourth-order valence-electron chi connectivity index (χ4n) is 3.12. The van der Waals surface area contributed by atoms with Crippen LogP contribution in [0.3, 0.4) is 0 Å². The van der Waals surface area contributed by atoms with Crippen LogP contribution < -0.4 is 5.32 Å². The molecule has 1 saturated carbocycles. The maximum atomic E-state index is 13.2. The summed E-state index contributed by atoms with van der Waals surface area (Å²) in [5.41, 5.74) is 0.893. The third kappa shape index (κ3) is 3.21. The number of amides is 1. The van der Waals surface area contributed by atoms with Crippen molar-refractivity contribution in [3.63, 3.8) is 0 Å². The summed E-state index contributed by atoms with van der Waals surface area (Å²) in [6.45, 7) is 0.316. The predicted octanol–water partition coefficient (Wildman–Crippen LogP) is 0.766. The molecule has 0 aliphatic heterocycles. The molecule has 1 aromatic carbocycles. The van der Waals surface area contributed by atoms with Crippen molar-refractivity contribution in [1.82, 2.24) is 30.1 Å². The van der Waals surface area contributed by atoms with E-state index in [0.717, 1.165) is 5.56 Å². The van der Waals surface area contributed by atoms with Crippen molar-refractivity contribution in [3.8, 4) is 0 Å². The van der Waals surface area contributed by atoms with E-state index in [9.17, 15) is 14.3 Å². The van der Waals surface area contributed by atoms with E-state index < -0.39 is 6.10 Å². The molecule has 9 heteroatoms. The number of aliphatic hydroxyl groups is 1. The van der Waals surface area contributed by atoms with Crippen LogP contribution in [0.15, 0.2) is 48.9 Å². The molecule has 2 aromatic heterocycles. The third-order valence-electron chi connectivity index (χ3n) is 4.45. The highest BCUT2D eigenvalue weighted by atomic mass is 19.1. The zero-order chi connectivity index (χ0) is 18.1. The van der Waals surface area contributed by atoms with Gasteiger partial charge in [0.1, 0.15) is 5.82 Å². The molecule has 2 heterocycles. The van der Waals surface area contributed by atoms with Gasteiger partial charge in [-0.1, -0.05) is 17.3 Å². The lowest BCUT2D eigenvalue weighted by Gasteiger charge is -2.41. The van der Waals surface area contributed by atoms with E-state index in [1.165, 1.54) is 23.0 Å². The lowest BCUT2D eigenvalue weighted by molar-refractivity contribution is -0.00595. The zero-order valence-corrected chi connectivity index (χ0v) is 13.7. The number of carbonyl (C=O) groups excluding carboxylic acids is 1. The summed E-state index contributed by atoms with van der Waals surface area (Å²) in [5.74, 6) is -0.696. The van der Waals surface area contributed by atoms with Crippen molar-refractivity contribution < 1.29 is 14.3 Å². The van der Waals surface area contributed by atoms with Crippen LogP contribution in [0.1, 0.15) is 28.5 Å². The van der Waals surface area contributed by atoms with Gasteiger partial charge in [0.15, 0.2) is 5.69 Å².